The predicted molar refractivity (Wildman–Crippen MR) is 83.9 cm³/mol. The highest BCUT2D eigenvalue weighted by molar-refractivity contribution is 9.10. The van der Waals surface area contributed by atoms with Crippen LogP contribution in [0.25, 0.3) is 0 Å². The van der Waals surface area contributed by atoms with Crippen LogP contribution in [0, 0.1) is 0 Å². The van der Waals surface area contributed by atoms with Gasteiger partial charge in [0.2, 0.25) is 5.88 Å². The van der Waals surface area contributed by atoms with Crippen LogP contribution < -0.4 is 10.3 Å². The van der Waals surface area contributed by atoms with E-state index in [-0.39, 0.29) is 5.75 Å². The summed E-state index contributed by atoms with van der Waals surface area (Å²) in [5.41, 5.74) is 2.68. The molecule has 2 rings (SSSR count). The lowest BCUT2D eigenvalue weighted by molar-refractivity contribution is 0.0954. The maximum atomic E-state index is 11.8. The third-order valence-electron chi connectivity index (χ3n) is 2.56. The lowest BCUT2D eigenvalue weighted by Crippen LogP contribution is -2.17. The van der Waals surface area contributed by atoms with Crippen LogP contribution in [-0.4, -0.2) is 31.3 Å². The van der Waals surface area contributed by atoms with Crippen LogP contribution in [-0.2, 0) is 0 Å². The molecule has 0 atom stereocenters. The second-order valence-electron chi connectivity index (χ2n) is 4.45. The van der Waals surface area contributed by atoms with E-state index in [0.29, 0.717) is 17.2 Å². The molecule has 1 heterocycles. The molecule has 6 nitrogen and oxygen atoms in total. The highest BCUT2D eigenvalue weighted by Crippen LogP contribution is 2.27. The normalized spacial score (nSPS) is 10.8. The highest BCUT2D eigenvalue weighted by atomic mass is 79.9. The molecule has 1 aromatic carbocycles. The van der Waals surface area contributed by atoms with Crippen molar-refractivity contribution in [3.63, 3.8) is 0 Å². The second-order valence-corrected chi connectivity index (χ2v) is 5.30. The molecule has 0 radical (unpaired) electrons. The van der Waals surface area contributed by atoms with Crippen molar-refractivity contribution in [1.82, 2.24) is 5.43 Å². The van der Waals surface area contributed by atoms with E-state index in [2.05, 4.69) is 26.5 Å². The highest BCUT2D eigenvalue weighted by Gasteiger charge is 2.09. The number of phenolic OH excluding ortho intramolecular Hbond substituents is 1. The Morgan fingerprint density at radius 1 is 1.43 bits per heavy atom. The molecule has 1 amide bonds. The molecule has 0 spiro atoms. The fraction of sp³-hybridized carbons (Fsp3) is 0.143. The summed E-state index contributed by atoms with van der Waals surface area (Å²) in [4.78, 5) is 13.6. The standard InChI is InChI=1S/C14H14BrN3O3/c1-18(2)14-12(15)7-11(21-14)8-16-17-13(20)9-4-3-5-10(19)6-9/h3-8,19H,1-2H3,(H,17,20). The summed E-state index contributed by atoms with van der Waals surface area (Å²) in [6, 6.07) is 7.76. The Balaban J connectivity index is 2.02. The first-order chi connectivity index (χ1) is 9.97. The number of nitrogens with one attached hydrogen (secondary N) is 1. The summed E-state index contributed by atoms with van der Waals surface area (Å²) in [7, 11) is 3.71. The number of furan rings is 1. The molecule has 0 aliphatic rings. The Hall–Kier alpha value is -2.28. The van der Waals surface area contributed by atoms with E-state index < -0.39 is 5.91 Å². The van der Waals surface area contributed by atoms with Crippen LogP contribution in [0.15, 0.2) is 44.3 Å². The zero-order chi connectivity index (χ0) is 15.4. The molecular weight excluding hydrogens is 338 g/mol. The van der Waals surface area contributed by atoms with E-state index in [1.165, 1.54) is 18.3 Å². The van der Waals surface area contributed by atoms with Crippen molar-refractivity contribution in [2.75, 3.05) is 19.0 Å². The van der Waals surface area contributed by atoms with Crippen molar-refractivity contribution >= 4 is 33.9 Å². The molecule has 2 N–H and O–H groups in total. The van der Waals surface area contributed by atoms with Gasteiger partial charge in [-0.2, -0.15) is 5.10 Å². The van der Waals surface area contributed by atoms with Gasteiger partial charge in [-0.05, 0) is 34.1 Å². The number of halogens is 1. The maximum Gasteiger partial charge on any atom is 0.271 e. The van der Waals surface area contributed by atoms with Crippen molar-refractivity contribution in [2.45, 2.75) is 0 Å². The minimum Gasteiger partial charge on any atom is -0.508 e. The molecule has 21 heavy (non-hydrogen) atoms. The first kappa shape index (κ1) is 15.1. The van der Waals surface area contributed by atoms with Crippen molar-refractivity contribution in [1.29, 1.82) is 0 Å². The quantitative estimate of drug-likeness (QED) is 0.655. The number of amides is 1. The SMILES string of the molecule is CN(C)c1oc(C=NNC(=O)c2cccc(O)c2)cc1Br. The molecule has 2 aromatic rings. The molecule has 0 aliphatic carbocycles. The molecule has 0 aliphatic heterocycles. The van der Waals surface area contributed by atoms with E-state index in [1.54, 1.807) is 18.2 Å². The number of carbonyl (C=O) groups is 1. The summed E-state index contributed by atoms with van der Waals surface area (Å²) in [6.45, 7) is 0. The average molecular weight is 352 g/mol. The third kappa shape index (κ3) is 3.85. The van der Waals surface area contributed by atoms with Gasteiger partial charge in [0, 0.05) is 25.7 Å². The zero-order valence-corrected chi connectivity index (χ0v) is 13.1. The van der Waals surface area contributed by atoms with Gasteiger partial charge in [0.25, 0.3) is 5.91 Å². The number of benzene rings is 1. The number of anilines is 1. The monoisotopic (exact) mass is 351 g/mol. The Labute approximate surface area is 130 Å². The van der Waals surface area contributed by atoms with Gasteiger partial charge in [0.15, 0.2) is 5.76 Å². The number of hydrogen-bond acceptors (Lipinski definition) is 5. The number of rotatable bonds is 4. The molecule has 0 bridgehead atoms. The summed E-state index contributed by atoms with van der Waals surface area (Å²) in [5.74, 6) is 0.773. The zero-order valence-electron chi connectivity index (χ0n) is 11.5. The van der Waals surface area contributed by atoms with Crippen molar-refractivity contribution in [3.05, 3.63) is 46.1 Å². The van der Waals surface area contributed by atoms with Gasteiger partial charge in [-0.3, -0.25) is 4.79 Å². The number of hydrazone groups is 1. The third-order valence-corrected chi connectivity index (χ3v) is 3.13. The van der Waals surface area contributed by atoms with Crippen molar-refractivity contribution in [2.24, 2.45) is 5.10 Å². The average Bonchev–Trinajstić information content (AvgIpc) is 2.80. The van der Waals surface area contributed by atoms with Gasteiger partial charge in [0.1, 0.15) is 5.75 Å². The van der Waals surface area contributed by atoms with Gasteiger partial charge in [-0.1, -0.05) is 6.07 Å². The topological polar surface area (TPSA) is 78.1 Å². The van der Waals surface area contributed by atoms with Crippen LogP contribution in [0.2, 0.25) is 0 Å². The molecule has 0 saturated carbocycles. The van der Waals surface area contributed by atoms with Gasteiger partial charge < -0.3 is 14.4 Å². The molecular formula is C14H14BrN3O3. The first-order valence-corrected chi connectivity index (χ1v) is 6.86. The number of nitrogens with zero attached hydrogens (tertiary/aromatic N) is 2. The molecule has 1 aromatic heterocycles. The van der Waals surface area contributed by atoms with Crippen LogP contribution in [0.3, 0.4) is 0 Å². The van der Waals surface area contributed by atoms with Crippen LogP contribution in [0.5, 0.6) is 5.75 Å². The van der Waals surface area contributed by atoms with Gasteiger partial charge in [0.05, 0.1) is 10.7 Å². The van der Waals surface area contributed by atoms with E-state index in [0.717, 1.165) is 4.47 Å². The second kappa shape index (κ2) is 6.45. The Bertz CT molecular complexity index is 680. The fourth-order valence-corrected chi connectivity index (χ4v) is 2.27. The maximum absolute atomic E-state index is 11.8. The lowest BCUT2D eigenvalue weighted by Gasteiger charge is -2.07. The number of phenols is 1. The Kier molecular flexibility index (Phi) is 4.64. The minimum atomic E-state index is -0.416. The minimum absolute atomic E-state index is 0.0252. The Morgan fingerprint density at radius 3 is 2.81 bits per heavy atom. The smallest absolute Gasteiger partial charge is 0.271 e. The van der Waals surface area contributed by atoms with E-state index in [4.69, 9.17) is 4.42 Å². The molecule has 0 fully saturated rings. The van der Waals surface area contributed by atoms with Crippen LogP contribution in [0.4, 0.5) is 5.88 Å². The summed E-state index contributed by atoms with van der Waals surface area (Å²) in [5, 5.41) is 13.1. The lowest BCUT2D eigenvalue weighted by atomic mass is 10.2. The predicted octanol–water partition coefficient (Wildman–Crippen LogP) is 2.58. The summed E-state index contributed by atoms with van der Waals surface area (Å²) >= 11 is 3.37. The number of hydrogen-bond donors (Lipinski definition) is 2. The van der Waals surface area contributed by atoms with Crippen LogP contribution >= 0.6 is 15.9 Å². The molecule has 7 heteroatoms. The fourth-order valence-electron chi connectivity index (χ4n) is 1.61. The summed E-state index contributed by atoms with van der Waals surface area (Å²) < 4.78 is 6.32. The number of aromatic hydroxyl groups is 1. The van der Waals surface area contributed by atoms with Crippen molar-refractivity contribution < 1.29 is 14.3 Å². The molecule has 0 unspecified atom stereocenters. The summed E-state index contributed by atoms with van der Waals surface area (Å²) in [6.07, 6.45) is 1.40. The van der Waals surface area contributed by atoms with Gasteiger partial charge in [-0.15, -0.1) is 0 Å². The number of carbonyl (C=O) groups excluding carboxylic acids is 1. The van der Waals surface area contributed by atoms with E-state index in [1.807, 2.05) is 19.0 Å². The van der Waals surface area contributed by atoms with E-state index in [9.17, 15) is 9.90 Å². The van der Waals surface area contributed by atoms with Crippen molar-refractivity contribution in [3.8, 4) is 5.75 Å². The van der Waals surface area contributed by atoms with E-state index >= 15 is 0 Å². The van der Waals surface area contributed by atoms with Gasteiger partial charge in [-0.25, -0.2) is 5.43 Å². The first-order valence-electron chi connectivity index (χ1n) is 6.06. The van der Waals surface area contributed by atoms with Gasteiger partial charge >= 0.3 is 0 Å². The molecule has 0 saturated heterocycles. The Morgan fingerprint density at radius 2 is 2.19 bits per heavy atom. The molecule has 110 valence electrons. The van der Waals surface area contributed by atoms with Crippen LogP contribution in [0.1, 0.15) is 16.1 Å². The largest absolute Gasteiger partial charge is 0.508 e.